The van der Waals surface area contributed by atoms with Crippen LogP contribution in [0.3, 0.4) is 0 Å². The van der Waals surface area contributed by atoms with E-state index >= 15 is 0 Å². The van der Waals surface area contributed by atoms with Crippen LogP contribution in [0.5, 0.6) is 0 Å². The predicted molar refractivity (Wildman–Crippen MR) is 49.4 cm³/mol. The number of hydrogen-bond acceptors (Lipinski definition) is 1. The van der Waals surface area contributed by atoms with E-state index in [9.17, 15) is 0 Å². The monoisotopic (exact) mass is 167 g/mol. The minimum Gasteiger partial charge on any atom is -0.292 e. The Bertz CT molecular complexity index is 218. The minimum atomic E-state index is 0.493. The van der Waals surface area contributed by atoms with Crippen LogP contribution in [-0.4, -0.2) is 12.1 Å². The number of rotatable bonds is 3. The van der Waals surface area contributed by atoms with Crippen LogP contribution in [0.2, 0.25) is 0 Å². The van der Waals surface area contributed by atoms with Crippen molar-refractivity contribution in [2.24, 2.45) is 4.99 Å². The van der Waals surface area contributed by atoms with Crippen molar-refractivity contribution in [2.45, 2.75) is 6.54 Å². The maximum absolute atomic E-state index is 5.42. The number of hydrogen-bond donors (Lipinski definition) is 0. The normalized spacial score (nSPS) is 10.6. The van der Waals surface area contributed by atoms with E-state index < -0.39 is 0 Å². The number of benzene rings is 1. The van der Waals surface area contributed by atoms with Crippen molar-refractivity contribution < 1.29 is 0 Å². The average molecular weight is 168 g/mol. The zero-order valence-corrected chi connectivity index (χ0v) is 6.96. The van der Waals surface area contributed by atoms with Gasteiger partial charge in [0.15, 0.2) is 0 Å². The van der Waals surface area contributed by atoms with Gasteiger partial charge in [-0.15, -0.1) is 11.6 Å². The molecule has 0 aliphatic heterocycles. The molecular weight excluding hydrogens is 158 g/mol. The predicted octanol–water partition coefficient (Wildman–Crippen LogP) is 2.50. The summed E-state index contributed by atoms with van der Waals surface area (Å²) in [4.78, 5) is 4.10. The lowest BCUT2D eigenvalue weighted by molar-refractivity contribution is 1.08. The Hall–Kier alpha value is -0.820. The van der Waals surface area contributed by atoms with Gasteiger partial charge in [-0.3, -0.25) is 4.99 Å². The highest BCUT2D eigenvalue weighted by Gasteiger charge is 1.84. The van der Waals surface area contributed by atoms with Crippen LogP contribution in [-0.2, 0) is 6.54 Å². The van der Waals surface area contributed by atoms with Crippen LogP contribution in [0.15, 0.2) is 35.3 Å². The number of alkyl halides is 1. The van der Waals surface area contributed by atoms with Crippen molar-refractivity contribution in [1.29, 1.82) is 0 Å². The van der Waals surface area contributed by atoms with Crippen molar-refractivity contribution in [3.63, 3.8) is 0 Å². The van der Waals surface area contributed by atoms with Crippen LogP contribution in [0, 0.1) is 0 Å². The van der Waals surface area contributed by atoms with Crippen molar-refractivity contribution >= 4 is 17.8 Å². The molecule has 0 amide bonds. The molecule has 1 aromatic rings. The summed E-state index contributed by atoms with van der Waals surface area (Å²) in [5.74, 6) is 0.493. The van der Waals surface area contributed by atoms with Crippen molar-refractivity contribution in [2.75, 3.05) is 5.88 Å². The highest BCUT2D eigenvalue weighted by atomic mass is 35.5. The first-order valence-electron chi connectivity index (χ1n) is 3.51. The molecule has 1 aromatic carbocycles. The molecule has 0 fully saturated rings. The Labute approximate surface area is 71.7 Å². The summed E-state index contributed by atoms with van der Waals surface area (Å²) < 4.78 is 0. The van der Waals surface area contributed by atoms with Crippen LogP contribution in [0.1, 0.15) is 5.56 Å². The van der Waals surface area contributed by atoms with E-state index in [2.05, 4.69) is 4.99 Å². The molecule has 2 heteroatoms. The van der Waals surface area contributed by atoms with Gasteiger partial charge in [-0.1, -0.05) is 30.3 Å². The third kappa shape index (κ3) is 3.19. The molecule has 0 N–H and O–H groups in total. The largest absolute Gasteiger partial charge is 0.292 e. The molecule has 0 radical (unpaired) electrons. The van der Waals surface area contributed by atoms with Gasteiger partial charge in [0.05, 0.1) is 12.4 Å². The molecule has 1 rings (SSSR count). The van der Waals surface area contributed by atoms with Gasteiger partial charge in [0.2, 0.25) is 0 Å². The molecule has 11 heavy (non-hydrogen) atoms. The molecule has 0 unspecified atom stereocenters. The SMILES string of the molecule is ClCC=NCc1ccccc1. The van der Waals surface area contributed by atoms with Gasteiger partial charge >= 0.3 is 0 Å². The zero-order valence-electron chi connectivity index (χ0n) is 6.20. The molecule has 0 aliphatic rings. The summed E-state index contributed by atoms with van der Waals surface area (Å²) in [6.45, 7) is 0.730. The Balaban J connectivity index is 2.45. The summed E-state index contributed by atoms with van der Waals surface area (Å²) in [6, 6.07) is 10.1. The van der Waals surface area contributed by atoms with Gasteiger partial charge in [-0.05, 0) is 5.56 Å². The smallest absolute Gasteiger partial charge is 0.0636 e. The maximum Gasteiger partial charge on any atom is 0.0636 e. The fourth-order valence-electron chi connectivity index (χ4n) is 0.802. The second kappa shape index (κ2) is 4.91. The highest BCUT2D eigenvalue weighted by Crippen LogP contribution is 1.98. The third-order valence-corrected chi connectivity index (χ3v) is 1.45. The zero-order chi connectivity index (χ0) is 7.94. The van der Waals surface area contributed by atoms with Crippen molar-refractivity contribution in [3.05, 3.63) is 35.9 Å². The summed E-state index contributed by atoms with van der Waals surface area (Å²) in [5.41, 5.74) is 1.22. The van der Waals surface area contributed by atoms with E-state index in [1.165, 1.54) is 5.56 Å². The van der Waals surface area contributed by atoms with Gasteiger partial charge in [-0.25, -0.2) is 0 Å². The first-order chi connectivity index (χ1) is 5.43. The van der Waals surface area contributed by atoms with E-state index in [0.29, 0.717) is 5.88 Å². The van der Waals surface area contributed by atoms with Crippen LogP contribution >= 0.6 is 11.6 Å². The maximum atomic E-state index is 5.42. The molecule has 0 atom stereocenters. The molecule has 0 heterocycles. The van der Waals surface area contributed by atoms with E-state index in [1.807, 2.05) is 30.3 Å². The molecule has 0 saturated carbocycles. The average Bonchev–Trinajstić information content (AvgIpc) is 2.07. The van der Waals surface area contributed by atoms with Gasteiger partial charge < -0.3 is 0 Å². The lowest BCUT2D eigenvalue weighted by Gasteiger charge is -1.92. The lowest BCUT2D eigenvalue weighted by Crippen LogP contribution is -1.81. The summed E-state index contributed by atoms with van der Waals surface area (Å²) in [6.07, 6.45) is 1.72. The second-order valence-electron chi connectivity index (χ2n) is 2.16. The minimum absolute atomic E-state index is 0.493. The Morgan fingerprint density at radius 1 is 1.27 bits per heavy atom. The van der Waals surface area contributed by atoms with Crippen molar-refractivity contribution in [3.8, 4) is 0 Å². The van der Waals surface area contributed by atoms with Crippen LogP contribution in [0.4, 0.5) is 0 Å². The first kappa shape index (κ1) is 8.28. The number of nitrogens with zero attached hydrogens (tertiary/aromatic N) is 1. The summed E-state index contributed by atoms with van der Waals surface area (Å²) in [7, 11) is 0. The second-order valence-corrected chi connectivity index (χ2v) is 2.47. The van der Waals surface area contributed by atoms with Crippen LogP contribution in [0.25, 0.3) is 0 Å². The Morgan fingerprint density at radius 3 is 2.64 bits per heavy atom. The first-order valence-corrected chi connectivity index (χ1v) is 4.05. The van der Waals surface area contributed by atoms with Crippen LogP contribution < -0.4 is 0 Å². The molecule has 1 nitrogen and oxygen atoms in total. The molecule has 0 bridgehead atoms. The molecule has 0 aromatic heterocycles. The molecule has 0 spiro atoms. The van der Waals surface area contributed by atoms with Crippen molar-refractivity contribution in [1.82, 2.24) is 0 Å². The number of aliphatic imine (C=N–C) groups is 1. The quantitative estimate of drug-likeness (QED) is 0.485. The van der Waals surface area contributed by atoms with Gasteiger partial charge in [0.1, 0.15) is 0 Å². The third-order valence-electron chi connectivity index (χ3n) is 1.31. The topological polar surface area (TPSA) is 12.4 Å². The Kier molecular flexibility index (Phi) is 3.70. The highest BCUT2D eigenvalue weighted by molar-refractivity contribution is 6.24. The standard InChI is InChI=1S/C9H10ClN/c10-6-7-11-8-9-4-2-1-3-5-9/h1-5,7H,6,8H2. The molecular formula is C9H10ClN. The number of halogens is 1. The van der Waals surface area contributed by atoms with Gasteiger partial charge in [0.25, 0.3) is 0 Å². The van der Waals surface area contributed by atoms with Gasteiger partial charge in [-0.2, -0.15) is 0 Å². The fraction of sp³-hybridized carbons (Fsp3) is 0.222. The fourth-order valence-corrected chi connectivity index (χ4v) is 0.900. The summed E-state index contributed by atoms with van der Waals surface area (Å²) >= 11 is 5.42. The van der Waals surface area contributed by atoms with Gasteiger partial charge in [0, 0.05) is 6.21 Å². The molecule has 0 saturated heterocycles. The van der Waals surface area contributed by atoms with E-state index in [4.69, 9.17) is 11.6 Å². The molecule has 0 aliphatic carbocycles. The Morgan fingerprint density at radius 2 is 2.00 bits per heavy atom. The summed E-state index contributed by atoms with van der Waals surface area (Å²) in [5, 5.41) is 0. The lowest BCUT2D eigenvalue weighted by atomic mass is 10.2. The van der Waals surface area contributed by atoms with E-state index in [1.54, 1.807) is 6.21 Å². The van der Waals surface area contributed by atoms with E-state index in [-0.39, 0.29) is 0 Å². The molecule has 58 valence electrons. The van der Waals surface area contributed by atoms with E-state index in [0.717, 1.165) is 6.54 Å².